The van der Waals surface area contributed by atoms with Gasteiger partial charge in [0.25, 0.3) is 5.56 Å². The molecule has 0 fully saturated rings. The molecule has 2 N–H and O–H groups in total. The van der Waals surface area contributed by atoms with Crippen LogP contribution >= 0.6 is 0 Å². The largest absolute Gasteiger partial charge is 0.385 e. The van der Waals surface area contributed by atoms with Crippen molar-refractivity contribution >= 4 is 5.82 Å². The van der Waals surface area contributed by atoms with Gasteiger partial charge < -0.3 is 5.73 Å². The zero-order chi connectivity index (χ0) is 10.7. The molecule has 0 atom stereocenters. The highest BCUT2D eigenvalue weighted by atomic mass is 16.2. The first-order valence-corrected chi connectivity index (χ1v) is 4.72. The molecule has 0 amide bonds. The van der Waals surface area contributed by atoms with Crippen molar-refractivity contribution in [2.45, 2.75) is 33.4 Å². The van der Waals surface area contributed by atoms with E-state index >= 15 is 0 Å². The Labute approximate surface area is 81.8 Å². The molecule has 1 rings (SSSR count). The fourth-order valence-corrected chi connectivity index (χ4v) is 1.37. The minimum absolute atomic E-state index is 0.242. The van der Waals surface area contributed by atoms with Gasteiger partial charge in [-0.1, -0.05) is 6.92 Å². The van der Waals surface area contributed by atoms with Crippen LogP contribution in [0.2, 0.25) is 0 Å². The van der Waals surface area contributed by atoms with Crippen LogP contribution in [0.5, 0.6) is 0 Å². The molecule has 5 nitrogen and oxygen atoms in total. The summed E-state index contributed by atoms with van der Waals surface area (Å²) >= 11 is 0. The Kier molecular flexibility index (Phi) is 3.11. The van der Waals surface area contributed by atoms with E-state index in [1.807, 2.05) is 6.92 Å². The van der Waals surface area contributed by atoms with Crippen LogP contribution in [0, 0.1) is 0 Å². The minimum atomic E-state index is -0.331. The molecule has 78 valence electrons. The van der Waals surface area contributed by atoms with Gasteiger partial charge in [0, 0.05) is 19.2 Å². The second-order valence-corrected chi connectivity index (χ2v) is 3.09. The summed E-state index contributed by atoms with van der Waals surface area (Å²) in [7, 11) is 0. The summed E-state index contributed by atoms with van der Waals surface area (Å²) < 4.78 is 2.59. The van der Waals surface area contributed by atoms with Crippen molar-refractivity contribution in [3.8, 4) is 0 Å². The zero-order valence-corrected chi connectivity index (χ0v) is 8.49. The quantitative estimate of drug-likeness (QED) is 0.742. The number of nitrogen functional groups attached to an aromatic ring is 1. The van der Waals surface area contributed by atoms with E-state index in [2.05, 4.69) is 0 Å². The van der Waals surface area contributed by atoms with Gasteiger partial charge in [-0.2, -0.15) is 0 Å². The Morgan fingerprint density at radius 1 is 1.29 bits per heavy atom. The van der Waals surface area contributed by atoms with Crippen LogP contribution in [0.3, 0.4) is 0 Å². The van der Waals surface area contributed by atoms with Crippen molar-refractivity contribution in [2.75, 3.05) is 5.73 Å². The first-order chi connectivity index (χ1) is 6.61. The molecule has 1 aromatic heterocycles. The van der Waals surface area contributed by atoms with Gasteiger partial charge in [0.05, 0.1) is 0 Å². The lowest BCUT2D eigenvalue weighted by molar-refractivity contribution is 0.569. The molecule has 0 radical (unpaired) electrons. The highest BCUT2D eigenvalue weighted by Gasteiger charge is 2.06. The van der Waals surface area contributed by atoms with Gasteiger partial charge in [-0.3, -0.25) is 13.9 Å². The Morgan fingerprint density at radius 2 is 1.93 bits per heavy atom. The summed E-state index contributed by atoms with van der Waals surface area (Å²) in [5.41, 5.74) is 4.93. The normalized spacial score (nSPS) is 10.4. The molecular formula is C9H15N3O2. The molecule has 0 unspecified atom stereocenters. The molecule has 0 aromatic carbocycles. The topological polar surface area (TPSA) is 70.0 Å². The van der Waals surface area contributed by atoms with Gasteiger partial charge in [-0.05, 0) is 13.3 Å². The van der Waals surface area contributed by atoms with Crippen molar-refractivity contribution in [1.29, 1.82) is 0 Å². The summed E-state index contributed by atoms with van der Waals surface area (Å²) in [4.78, 5) is 23.0. The molecule has 0 saturated heterocycles. The molecule has 1 aromatic rings. The Hall–Kier alpha value is -1.52. The molecule has 0 aliphatic heterocycles. The molecule has 0 bridgehead atoms. The summed E-state index contributed by atoms with van der Waals surface area (Å²) in [6, 6.07) is 1.29. The number of hydrogen-bond acceptors (Lipinski definition) is 3. The predicted molar refractivity (Wildman–Crippen MR) is 55.3 cm³/mol. The van der Waals surface area contributed by atoms with Crippen LogP contribution in [0.25, 0.3) is 0 Å². The maximum Gasteiger partial charge on any atom is 0.332 e. The fraction of sp³-hybridized carbons (Fsp3) is 0.556. The van der Waals surface area contributed by atoms with Crippen molar-refractivity contribution < 1.29 is 0 Å². The first-order valence-electron chi connectivity index (χ1n) is 4.72. The van der Waals surface area contributed by atoms with Crippen LogP contribution in [0.4, 0.5) is 5.82 Å². The van der Waals surface area contributed by atoms with Crippen LogP contribution in [0.15, 0.2) is 15.7 Å². The SMILES string of the molecule is CCCn1c(N)cc(=O)n(CC)c1=O. The molecule has 0 aliphatic rings. The van der Waals surface area contributed by atoms with Gasteiger partial charge in [-0.25, -0.2) is 4.79 Å². The standard InChI is InChI=1S/C9H15N3O2/c1-3-5-12-7(10)6-8(13)11(4-2)9(12)14/h6H,3-5,10H2,1-2H3. The van der Waals surface area contributed by atoms with E-state index < -0.39 is 0 Å². The zero-order valence-electron chi connectivity index (χ0n) is 8.49. The van der Waals surface area contributed by atoms with Crippen LogP contribution in [-0.4, -0.2) is 9.13 Å². The second-order valence-electron chi connectivity index (χ2n) is 3.09. The molecule has 1 heterocycles. The third-order valence-electron chi connectivity index (χ3n) is 2.07. The second kappa shape index (κ2) is 4.13. The molecule has 5 heteroatoms. The number of anilines is 1. The van der Waals surface area contributed by atoms with Crippen molar-refractivity contribution in [3.05, 3.63) is 26.9 Å². The van der Waals surface area contributed by atoms with Crippen LogP contribution in [0.1, 0.15) is 20.3 Å². The minimum Gasteiger partial charge on any atom is -0.385 e. The molecule has 14 heavy (non-hydrogen) atoms. The maximum absolute atomic E-state index is 11.7. The van der Waals surface area contributed by atoms with E-state index in [4.69, 9.17) is 5.73 Å². The van der Waals surface area contributed by atoms with Gasteiger partial charge >= 0.3 is 5.69 Å². The lowest BCUT2D eigenvalue weighted by Gasteiger charge is -2.10. The fourth-order valence-electron chi connectivity index (χ4n) is 1.37. The van der Waals surface area contributed by atoms with Gasteiger partial charge in [0.2, 0.25) is 0 Å². The van der Waals surface area contributed by atoms with E-state index in [1.165, 1.54) is 15.2 Å². The van der Waals surface area contributed by atoms with Gasteiger partial charge in [0.1, 0.15) is 5.82 Å². The lowest BCUT2D eigenvalue weighted by atomic mass is 10.4. The van der Waals surface area contributed by atoms with Crippen molar-refractivity contribution in [3.63, 3.8) is 0 Å². The first kappa shape index (κ1) is 10.6. The van der Waals surface area contributed by atoms with Gasteiger partial charge in [-0.15, -0.1) is 0 Å². The lowest BCUT2D eigenvalue weighted by Crippen LogP contribution is -2.40. The third-order valence-corrected chi connectivity index (χ3v) is 2.07. The highest BCUT2D eigenvalue weighted by Crippen LogP contribution is 1.95. The van der Waals surface area contributed by atoms with Gasteiger partial charge in [0.15, 0.2) is 0 Å². The third kappa shape index (κ3) is 1.71. The van der Waals surface area contributed by atoms with E-state index in [-0.39, 0.29) is 17.1 Å². The maximum atomic E-state index is 11.7. The number of hydrogen-bond donors (Lipinski definition) is 1. The summed E-state index contributed by atoms with van der Waals surface area (Å²) in [5, 5.41) is 0. The van der Waals surface area contributed by atoms with E-state index in [0.29, 0.717) is 13.1 Å². The highest BCUT2D eigenvalue weighted by molar-refractivity contribution is 5.26. The monoisotopic (exact) mass is 197 g/mol. The summed E-state index contributed by atoms with van der Waals surface area (Å²) in [6.07, 6.45) is 0.812. The number of nitrogens with two attached hydrogens (primary N) is 1. The number of rotatable bonds is 3. The van der Waals surface area contributed by atoms with Crippen molar-refractivity contribution in [1.82, 2.24) is 9.13 Å². The average molecular weight is 197 g/mol. The van der Waals surface area contributed by atoms with Crippen molar-refractivity contribution in [2.24, 2.45) is 0 Å². The molecule has 0 aliphatic carbocycles. The van der Waals surface area contributed by atoms with E-state index in [0.717, 1.165) is 6.42 Å². The average Bonchev–Trinajstić information content (AvgIpc) is 2.12. The smallest absolute Gasteiger partial charge is 0.332 e. The molecule has 0 spiro atoms. The summed E-state index contributed by atoms with van der Waals surface area (Å²) in [5.74, 6) is 0.242. The molecular weight excluding hydrogens is 182 g/mol. The number of nitrogens with zero attached hydrogens (tertiary/aromatic N) is 2. The predicted octanol–water partition coefficient (Wildman–Crippen LogP) is 0.0221. The summed E-state index contributed by atoms with van der Waals surface area (Å²) in [6.45, 7) is 4.63. The Balaban J connectivity index is 3.44. The van der Waals surface area contributed by atoms with Crippen LogP contribution < -0.4 is 17.0 Å². The number of aromatic nitrogens is 2. The van der Waals surface area contributed by atoms with E-state index in [9.17, 15) is 9.59 Å². The van der Waals surface area contributed by atoms with Crippen LogP contribution in [-0.2, 0) is 13.1 Å². The molecule has 0 saturated carbocycles. The Morgan fingerprint density at radius 3 is 2.43 bits per heavy atom. The Bertz CT molecular complexity index is 431. The van der Waals surface area contributed by atoms with E-state index in [1.54, 1.807) is 6.92 Å².